The lowest BCUT2D eigenvalue weighted by molar-refractivity contribution is 0.0982. The minimum Gasteiger partial charge on any atom is -0.394 e. The zero-order valence-corrected chi connectivity index (χ0v) is 12.7. The zero-order chi connectivity index (χ0) is 14.4. The number of hydrogen-bond donors (Lipinski definition) is 2. The Morgan fingerprint density at radius 1 is 1.30 bits per heavy atom. The second kappa shape index (κ2) is 7.21. The maximum absolute atomic E-state index is 9.77. The van der Waals surface area contributed by atoms with E-state index in [1.165, 1.54) is 24.0 Å². The minimum atomic E-state index is -0.0805. The van der Waals surface area contributed by atoms with Crippen molar-refractivity contribution in [2.24, 2.45) is 5.92 Å². The van der Waals surface area contributed by atoms with Crippen molar-refractivity contribution in [1.82, 2.24) is 5.32 Å². The molecule has 1 fully saturated rings. The van der Waals surface area contributed by atoms with E-state index in [2.05, 4.69) is 36.5 Å². The third kappa shape index (κ3) is 4.05. The maximum Gasteiger partial charge on any atom is 0.0713 e. The molecule has 0 spiro atoms. The molecule has 20 heavy (non-hydrogen) atoms. The van der Waals surface area contributed by atoms with Gasteiger partial charge in [0.15, 0.2) is 0 Å². The van der Waals surface area contributed by atoms with Crippen LogP contribution in [0.15, 0.2) is 24.3 Å². The summed E-state index contributed by atoms with van der Waals surface area (Å²) in [5, 5.41) is 13.4. The smallest absolute Gasteiger partial charge is 0.0713 e. The molecule has 3 nitrogen and oxygen atoms in total. The van der Waals surface area contributed by atoms with Crippen LogP contribution in [0.2, 0.25) is 0 Å². The molecule has 1 aromatic rings. The van der Waals surface area contributed by atoms with Gasteiger partial charge in [0.2, 0.25) is 0 Å². The number of aliphatic hydroxyl groups is 1. The Morgan fingerprint density at radius 3 is 2.60 bits per heavy atom. The molecular weight excluding hydrogens is 250 g/mol. The van der Waals surface area contributed by atoms with Crippen LogP contribution in [0.5, 0.6) is 0 Å². The van der Waals surface area contributed by atoms with Crippen LogP contribution in [-0.4, -0.2) is 24.4 Å². The average Bonchev–Trinajstić information content (AvgIpc) is 2.47. The summed E-state index contributed by atoms with van der Waals surface area (Å²) in [6.07, 6.45) is 4.65. The molecule has 1 aromatic carbocycles. The molecule has 2 rings (SSSR count). The predicted octanol–water partition coefficient (Wildman–Crippen LogP) is 2.86. The normalized spacial score (nSPS) is 26.6. The number of aliphatic hydroxyl groups excluding tert-OH is 1. The third-order valence-electron chi connectivity index (χ3n) is 4.40. The van der Waals surface area contributed by atoms with E-state index in [1.807, 2.05) is 0 Å². The van der Waals surface area contributed by atoms with Crippen LogP contribution >= 0.6 is 0 Å². The number of rotatable bonds is 6. The molecule has 2 atom stereocenters. The summed E-state index contributed by atoms with van der Waals surface area (Å²) in [6, 6.07) is 8.49. The Balaban J connectivity index is 1.92. The molecule has 0 heterocycles. The van der Waals surface area contributed by atoms with Crippen LogP contribution in [0.3, 0.4) is 0 Å². The van der Waals surface area contributed by atoms with E-state index in [-0.39, 0.29) is 12.1 Å². The lowest BCUT2D eigenvalue weighted by Crippen LogP contribution is -2.51. The zero-order valence-electron chi connectivity index (χ0n) is 12.7. The van der Waals surface area contributed by atoms with Crippen molar-refractivity contribution in [1.29, 1.82) is 0 Å². The second-order valence-corrected chi connectivity index (χ2v) is 6.24. The van der Waals surface area contributed by atoms with Crippen LogP contribution in [0.1, 0.15) is 43.7 Å². The SMILES string of the molecule is COCc1ccc(CNC2(CO)CCCC(C)C2)cc1. The van der Waals surface area contributed by atoms with Crippen molar-refractivity contribution < 1.29 is 9.84 Å². The molecule has 0 aliphatic heterocycles. The Morgan fingerprint density at radius 2 is 2.00 bits per heavy atom. The molecule has 1 saturated carbocycles. The summed E-state index contributed by atoms with van der Waals surface area (Å²) in [4.78, 5) is 0. The molecule has 2 N–H and O–H groups in total. The molecule has 1 aliphatic rings. The summed E-state index contributed by atoms with van der Waals surface area (Å²) in [6.45, 7) is 4.00. The second-order valence-electron chi connectivity index (χ2n) is 6.24. The Kier molecular flexibility index (Phi) is 5.58. The Hall–Kier alpha value is -0.900. The summed E-state index contributed by atoms with van der Waals surface area (Å²) < 4.78 is 5.12. The van der Waals surface area contributed by atoms with E-state index < -0.39 is 0 Å². The highest BCUT2D eigenvalue weighted by atomic mass is 16.5. The molecule has 112 valence electrons. The van der Waals surface area contributed by atoms with Crippen molar-refractivity contribution in [2.75, 3.05) is 13.7 Å². The quantitative estimate of drug-likeness (QED) is 0.840. The van der Waals surface area contributed by atoms with Gasteiger partial charge in [-0.2, -0.15) is 0 Å². The topological polar surface area (TPSA) is 41.5 Å². The molecule has 2 unspecified atom stereocenters. The van der Waals surface area contributed by atoms with Gasteiger partial charge in [-0.25, -0.2) is 0 Å². The predicted molar refractivity (Wildman–Crippen MR) is 81.4 cm³/mol. The van der Waals surface area contributed by atoms with Crippen molar-refractivity contribution in [3.8, 4) is 0 Å². The first-order chi connectivity index (χ1) is 9.67. The third-order valence-corrected chi connectivity index (χ3v) is 4.40. The fraction of sp³-hybridized carbons (Fsp3) is 0.647. The lowest BCUT2D eigenvalue weighted by Gasteiger charge is -2.39. The monoisotopic (exact) mass is 277 g/mol. The van der Waals surface area contributed by atoms with E-state index in [1.54, 1.807) is 7.11 Å². The summed E-state index contributed by atoms with van der Waals surface area (Å²) in [5.74, 6) is 0.701. The molecule has 0 amide bonds. The van der Waals surface area contributed by atoms with Crippen LogP contribution < -0.4 is 5.32 Å². The van der Waals surface area contributed by atoms with Crippen molar-refractivity contribution >= 4 is 0 Å². The Bertz CT molecular complexity index is 404. The molecule has 0 bridgehead atoms. The first-order valence-electron chi connectivity index (χ1n) is 7.60. The van der Waals surface area contributed by atoms with E-state index in [0.717, 1.165) is 19.4 Å². The average molecular weight is 277 g/mol. The lowest BCUT2D eigenvalue weighted by atomic mass is 9.77. The number of nitrogens with one attached hydrogen (secondary N) is 1. The molecule has 0 saturated heterocycles. The van der Waals surface area contributed by atoms with Gasteiger partial charge in [-0.1, -0.05) is 44.0 Å². The highest BCUT2D eigenvalue weighted by molar-refractivity contribution is 5.22. The van der Waals surface area contributed by atoms with Crippen LogP contribution in [-0.2, 0) is 17.9 Å². The number of ether oxygens (including phenoxy) is 1. The fourth-order valence-electron chi connectivity index (χ4n) is 3.23. The van der Waals surface area contributed by atoms with Crippen LogP contribution in [0.4, 0.5) is 0 Å². The van der Waals surface area contributed by atoms with Crippen LogP contribution in [0, 0.1) is 5.92 Å². The highest BCUT2D eigenvalue weighted by Gasteiger charge is 2.33. The number of methoxy groups -OCH3 is 1. The molecule has 1 aliphatic carbocycles. The summed E-state index contributed by atoms with van der Waals surface area (Å²) in [5.41, 5.74) is 2.37. The summed E-state index contributed by atoms with van der Waals surface area (Å²) in [7, 11) is 1.71. The van der Waals surface area contributed by atoms with Crippen LogP contribution in [0.25, 0.3) is 0 Å². The van der Waals surface area contributed by atoms with Gasteiger partial charge in [0.1, 0.15) is 0 Å². The van der Waals surface area contributed by atoms with E-state index in [9.17, 15) is 5.11 Å². The minimum absolute atomic E-state index is 0.0805. The van der Waals surface area contributed by atoms with Gasteiger partial charge in [0, 0.05) is 19.2 Å². The van der Waals surface area contributed by atoms with Crippen molar-refractivity contribution in [2.45, 2.75) is 51.3 Å². The van der Waals surface area contributed by atoms with Gasteiger partial charge in [0.25, 0.3) is 0 Å². The number of benzene rings is 1. The molecular formula is C17H27NO2. The largest absolute Gasteiger partial charge is 0.394 e. The van der Waals surface area contributed by atoms with E-state index in [0.29, 0.717) is 12.5 Å². The first kappa shape index (κ1) is 15.5. The maximum atomic E-state index is 9.77. The standard InChI is InChI=1S/C17H27NO2/c1-14-4-3-9-17(10-14,13-19)18-11-15-5-7-16(8-6-15)12-20-2/h5-8,14,18-19H,3-4,9-13H2,1-2H3. The van der Waals surface area contributed by atoms with Gasteiger partial charge in [-0.3, -0.25) is 0 Å². The number of hydrogen-bond acceptors (Lipinski definition) is 3. The van der Waals surface area contributed by atoms with Crippen molar-refractivity contribution in [3.63, 3.8) is 0 Å². The van der Waals surface area contributed by atoms with Crippen molar-refractivity contribution in [3.05, 3.63) is 35.4 Å². The van der Waals surface area contributed by atoms with Gasteiger partial charge < -0.3 is 15.2 Å². The van der Waals surface area contributed by atoms with Gasteiger partial charge in [0.05, 0.1) is 13.2 Å². The summed E-state index contributed by atoms with van der Waals surface area (Å²) >= 11 is 0. The fourth-order valence-corrected chi connectivity index (χ4v) is 3.23. The van der Waals surface area contributed by atoms with E-state index in [4.69, 9.17) is 4.74 Å². The van der Waals surface area contributed by atoms with Gasteiger partial charge >= 0.3 is 0 Å². The molecule has 0 radical (unpaired) electrons. The van der Waals surface area contributed by atoms with Gasteiger partial charge in [-0.05, 0) is 29.9 Å². The Labute approximate surface area is 122 Å². The van der Waals surface area contributed by atoms with Gasteiger partial charge in [-0.15, -0.1) is 0 Å². The first-order valence-corrected chi connectivity index (χ1v) is 7.60. The van der Waals surface area contributed by atoms with E-state index >= 15 is 0 Å². The highest BCUT2D eigenvalue weighted by Crippen LogP contribution is 2.32. The molecule has 0 aromatic heterocycles. The molecule has 3 heteroatoms.